The lowest BCUT2D eigenvalue weighted by molar-refractivity contribution is 0.106. The molecule has 1 saturated heterocycles. The molecular weight excluding hydrogens is 374 g/mol. The van der Waals surface area contributed by atoms with Crippen molar-refractivity contribution < 1.29 is 19.4 Å². The van der Waals surface area contributed by atoms with E-state index in [0.29, 0.717) is 30.3 Å². The van der Waals surface area contributed by atoms with E-state index in [0.717, 1.165) is 11.1 Å². The van der Waals surface area contributed by atoms with Crippen molar-refractivity contribution in [1.82, 2.24) is 20.0 Å². The fourth-order valence-electron chi connectivity index (χ4n) is 3.71. The Morgan fingerprint density at radius 1 is 1.28 bits per heavy atom. The molecule has 3 atom stereocenters. The largest absolute Gasteiger partial charge is 0.489 e. The third-order valence-corrected chi connectivity index (χ3v) is 5.23. The number of hydrogen-bond donors (Lipinski definition) is 1. The molecule has 9 heteroatoms. The molecule has 1 fully saturated rings. The first-order chi connectivity index (χ1) is 14.1. The highest BCUT2D eigenvalue weighted by Crippen LogP contribution is 2.41. The van der Waals surface area contributed by atoms with Crippen LogP contribution >= 0.6 is 0 Å². The van der Waals surface area contributed by atoms with Crippen LogP contribution in [0.25, 0.3) is 11.1 Å². The van der Waals surface area contributed by atoms with Crippen molar-refractivity contribution in [2.45, 2.75) is 31.7 Å². The van der Waals surface area contributed by atoms with Crippen molar-refractivity contribution in [2.75, 3.05) is 11.5 Å². The molecule has 0 aliphatic carbocycles. The zero-order valence-electron chi connectivity index (χ0n) is 15.7. The normalized spacial score (nSPS) is 21.2. The van der Waals surface area contributed by atoms with Crippen molar-refractivity contribution in [2.24, 2.45) is 0 Å². The number of hydrogen-bond acceptors (Lipinski definition) is 7. The highest BCUT2D eigenvalue weighted by molar-refractivity contribution is 5.94. The van der Waals surface area contributed by atoms with Gasteiger partial charge in [0.05, 0.1) is 30.2 Å². The lowest BCUT2D eigenvalue weighted by Gasteiger charge is -2.31. The summed E-state index contributed by atoms with van der Waals surface area (Å²) in [5.74, 6) is 0.622. The summed E-state index contributed by atoms with van der Waals surface area (Å²) in [7, 11) is 0. The van der Waals surface area contributed by atoms with Crippen LogP contribution in [0.3, 0.4) is 0 Å². The van der Waals surface area contributed by atoms with Crippen molar-refractivity contribution in [3.63, 3.8) is 0 Å². The van der Waals surface area contributed by atoms with Gasteiger partial charge in [-0.1, -0.05) is 17.3 Å². The lowest BCUT2D eigenvalue weighted by atomic mass is 10.0. The molecule has 5 rings (SSSR count). The van der Waals surface area contributed by atoms with E-state index in [9.17, 15) is 9.90 Å². The number of fused-ring (bicyclic) bond motifs is 3. The van der Waals surface area contributed by atoms with Crippen LogP contribution in [0.2, 0.25) is 0 Å². The van der Waals surface area contributed by atoms with Crippen LogP contribution in [0.5, 0.6) is 5.75 Å². The summed E-state index contributed by atoms with van der Waals surface area (Å²) < 4.78 is 13.2. The standard InChI is InChI=1S/C20H19N5O4/c1-12(26)15-4-2-14(9-21-15)13-3-5-16-18(8-13)28-11-17-19(29-20(27)25(16)17)10-24-7-6-22-23-24/h2-9,12,17,19,26H,10-11H2,1H3/t12?,17-,19-/m0/s1. The fraction of sp³-hybridized carbons (Fsp3) is 0.300. The van der Waals surface area contributed by atoms with Gasteiger partial charge in [-0.15, -0.1) is 5.10 Å². The van der Waals surface area contributed by atoms with Crippen LogP contribution in [0.1, 0.15) is 18.7 Å². The van der Waals surface area contributed by atoms with E-state index in [1.165, 1.54) is 0 Å². The first-order valence-electron chi connectivity index (χ1n) is 9.35. The molecule has 9 nitrogen and oxygen atoms in total. The molecule has 2 aliphatic heterocycles. The Morgan fingerprint density at radius 2 is 2.14 bits per heavy atom. The molecule has 1 aromatic carbocycles. The van der Waals surface area contributed by atoms with Crippen LogP contribution < -0.4 is 9.64 Å². The zero-order chi connectivity index (χ0) is 20.0. The van der Waals surface area contributed by atoms with Crippen LogP contribution in [0.15, 0.2) is 48.9 Å². The average molecular weight is 393 g/mol. The Balaban J connectivity index is 1.41. The first kappa shape index (κ1) is 17.6. The number of pyridine rings is 1. The van der Waals surface area contributed by atoms with E-state index in [-0.39, 0.29) is 18.2 Å². The van der Waals surface area contributed by atoms with Gasteiger partial charge >= 0.3 is 6.09 Å². The second-order valence-corrected chi connectivity index (χ2v) is 7.13. The zero-order valence-corrected chi connectivity index (χ0v) is 15.7. The Labute approximate surface area is 166 Å². The number of ether oxygens (including phenoxy) is 2. The molecule has 0 bridgehead atoms. The minimum atomic E-state index is -0.612. The molecule has 0 radical (unpaired) electrons. The molecular formula is C20H19N5O4. The summed E-state index contributed by atoms with van der Waals surface area (Å²) in [6, 6.07) is 9.14. The molecule has 148 valence electrons. The number of anilines is 1. The highest BCUT2D eigenvalue weighted by Gasteiger charge is 2.46. The quantitative estimate of drug-likeness (QED) is 0.725. The summed E-state index contributed by atoms with van der Waals surface area (Å²) in [4.78, 5) is 18.5. The van der Waals surface area contributed by atoms with E-state index in [4.69, 9.17) is 9.47 Å². The van der Waals surface area contributed by atoms with E-state index in [2.05, 4.69) is 15.3 Å². The molecule has 2 aromatic heterocycles. The van der Waals surface area contributed by atoms with Gasteiger partial charge in [0, 0.05) is 18.0 Å². The van der Waals surface area contributed by atoms with Crippen molar-refractivity contribution in [1.29, 1.82) is 0 Å². The smallest absolute Gasteiger partial charge is 0.415 e. The second-order valence-electron chi connectivity index (χ2n) is 7.13. The van der Waals surface area contributed by atoms with Gasteiger partial charge in [0.25, 0.3) is 0 Å². The van der Waals surface area contributed by atoms with Gasteiger partial charge in [0.1, 0.15) is 24.5 Å². The number of carbonyl (C=O) groups excluding carboxylic acids is 1. The molecule has 3 aromatic rings. The third-order valence-electron chi connectivity index (χ3n) is 5.23. The SMILES string of the molecule is CC(O)c1ccc(-c2ccc3c(c2)OC[C@H]2[C@H](Cn4ccnn4)OC(=O)N32)cn1. The number of aromatic nitrogens is 4. The lowest BCUT2D eigenvalue weighted by Crippen LogP contribution is -2.45. The Kier molecular flexibility index (Phi) is 4.17. The maximum Gasteiger partial charge on any atom is 0.415 e. The minimum Gasteiger partial charge on any atom is -0.489 e. The maximum atomic E-state index is 12.5. The van der Waals surface area contributed by atoms with Gasteiger partial charge in [0.15, 0.2) is 0 Å². The molecule has 4 heterocycles. The molecule has 0 spiro atoms. The number of amides is 1. The summed E-state index contributed by atoms with van der Waals surface area (Å²) in [5.41, 5.74) is 3.11. The second kappa shape index (κ2) is 6.85. The van der Waals surface area contributed by atoms with Crippen LogP contribution in [-0.4, -0.2) is 49.9 Å². The Hall–Kier alpha value is -3.46. The fourth-order valence-corrected chi connectivity index (χ4v) is 3.71. The third kappa shape index (κ3) is 3.09. The molecule has 0 saturated carbocycles. The molecule has 2 aliphatic rings. The summed E-state index contributed by atoms with van der Waals surface area (Å²) in [5, 5.41) is 17.3. The number of cyclic esters (lactones) is 1. The Morgan fingerprint density at radius 3 is 2.86 bits per heavy atom. The first-order valence-corrected chi connectivity index (χ1v) is 9.35. The van der Waals surface area contributed by atoms with Crippen LogP contribution in [-0.2, 0) is 11.3 Å². The predicted octanol–water partition coefficient (Wildman–Crippen LogP) is 2.18. The number of carbonyl (C=O) groups is 1. The van der Waals surface area contributed by atoms with E-state index in [1.807, 2.05) is 24.3 Å². The van der Waals surface area contributed by atoms with E-state index < -0.39 is 6.10 Å². The number of benzene rings is 1. The number of aliphatic hydroxyl groups excluding tert-OH is 1. The number of nitrogens with zero attached hydrogens (tertiary/aromatic N) is 5. The maximum absolute atomic E-state index is 12.5. The van der Waals surface area contributed by atoms with Gasteiger partial charge in [0.2, 0.25) is 0 Å². The Bertz CT molecular complexity index is 1040. The monoisotopic (exact) mass is 393 g/mol. The van der Waals surface area contributed by atoms with Gasteiger partial charge < -0.3 is 14.6 Å². The number of aliphatic hydroxyl groups is 1. The minimum absolute atomic E-state index is 0.225. The predicted molar refractivity (Wildman–Crippen MR) is 102 cm³/mol. The van der Waals surface area contributed by atoms with Crippen LogP contribution in [0.4, 0.5) is 10.5 Å². The van der Waals surface area contributed by atoms with Gasteiger partial charge in [-0.2, -0.15) is 0 Å². The van der Waals surface area contributed by atoms with Gasteiger partial charge in [-0.05, 0) is 30.7 Å². The van der Waals surface area contributed by atoms with Crippen molar-refractivity contribution in [3.05, 3.63) is 54.6 Å². The van der Waals surface area contributed by atoms with E-state index in [1.54, 1.807) is 41.2 Å². The molecule has 1 amide bonds. The molecule has 1 unspecified atom stereocenters. The van der Waals surface area contributed by atoms with Crippen LogP contribution in [0, 0.1) is 0 Å². The highest BCUT2D eigenvalue weighted by atomic mass is 16.6. The van der Waals surface area contributed by atoms with Gasteiger partial charge in [-0.3, -0.25) is 9.88 Å². The van der Waals surface area contributed by atoms with E-state index >= 15 is 0 Å². The molecule has 1 N–H and O–H groups in total. The topological polar surface area (TPSA) is 103 Å². The van der Waals surface area contributed by atoms with Crippen molar-refractivity contribution >= 4 is 11.8 Å². The van der Waals surface area contributed by atoms with Gasteiger partial charge in [-0.25, -0.2) is 9.48 Å². The number of rotatable bonds is 4. The molecule has 29 heavy (non-hydrogen) atoms. The van der Waals surface area contributed by atoms with Crippen molar-refractivity contribution in [3.8, 4) is 16.9 Å². The summed E-state index contributed by atoms with van der Waals surface area (Å²) in [6.07, 6.45) is 3.67. The summed E-state index contributed by atoms with van der Waals surface area (Å²) >= 11 is 0. The average Bonchev–Trinajstić information content (AvgIpc) is 3.36. The summed E-state index contributed by atoms with van der Waals surface area (Å²) in [6.45, 7) is 2.43.